The number of likely N-dealkylation sites (tertiary alicyclic amines) is 5. The Balaban J connectivity index is 0.000000191. The lowest BCUT2D eigenvalue weighted by Gasteiger charge is -2.56. The number of rotatable bonds is 23. The number of aromatic nitrogens is 4. The quantitative estimate of drug-likeness (QED) is 0.0528. The number of nitrogens with zero attached hydrogens (tertiary/aromatic N) is 14. The number of anilines is 2. The molecule has 136 heavy (non-hydrogen) atoms. The number of quaternary nitrogens is 5. The third-order valence-corrected chi connectivity index (χ3v) is 34.3. The second kappa shape index (κ2) is 48.2. The first-order valence-electron chi connectivity index (χ1n) is 54.1. The van der Waals surface area contributed by atoms with Gasteiger partial charge in [-0.25, -0.2) is 0 Å². The van der Waals surface area contributed by atoms with E-state index in [1.54, 1.807) is 0 Å². The van der Waals surface area contributed by atoms with Gasteiger partial charge >= 0.3 is 0 Å². The van der Waals surface area contributed by atoms with Crippen LogP contribution in [0.15, 0.2) is 54.0 Å². The molecule has 6 amide bonds. The molecule has 768 valence electrons. The first-order chi connectivity index (χ1) is 63.4. The molecule has 16 heterocycles. The van der Waals surface area contributed by atoms with E-state index in [0.717, 1.165) is 143 Å². The van der Waals surface area contributed by atoms with Gasteiger partial charge in [-0.2, -0.15) is 9.13 Å². The largest absolute Gasteiger partial charge is 0.365 e. The summed E-state index contributed by atoms with van der Waals surface area (Å²) in [7, 11) is 7.09. The minimum absolute atomic E-state index is 0.0636. The molecule has 24 nitrogen and oxygen atoms in total. The van der Waals surface area contributed by atoms with Gasteiger partial charge in [-0.05, 0) is 128 Å². The van der Waals surface area contributed by atoms with Crippen LogP contribution in [0.1, 0.15) is 326 Å². The summed E-state index contributed by atoms with van der Waals surface area (Å²) in [6, 6.07) is 14.3. The van der Waals surface area contributed by atoms with Gasteiger partial charge in [-0.1, -0.05) is 111 Å². The van der Waals surface area contributed by atoms with Crippen molar-refractivity contribution in [2.75, 3.05) is 156 Å². The second-order valence-electron chi connectivity index (χ2n) is 48.9. The molecule has 0 aromatic carbocycles. The van der Waals surface area contributed by atoms with Crippen molar-refractivity contribution in [2.45, 2.75) is 379 Å². The van der Waals surface area contributed by atoms with Crippen LogP contribution in [-0.4, -0.2) is 281 Å². The Morgan fingerprint density at radius 1 is 0.471 bits per heavy atom. The molecule has 3 aromatic heterocycles. The maximum absolute atomic E-state index is 12.2. The molecule has 0 radical (unpaired) electrons. The average molecular weight is 1900 g/mol. The van der Waals surface area contributed by atoms with Crippen molar-refractivity contribution in [2.24, 2.45) is 58.2 Å². The van der Waals surface area contributed by atoms with Crippen molar-refractivity contribution in [3.8, 4) is 0 Å². The summed E-state index contributed by atoms with van der Waals surface area (Å²) < 4.78 is 15.0. The van der Waals surface area contributed by atoms with Gasteiger partial charge in [-0.3, -0.25) is 38.4 Å². The topological polar surface area (TPSA) is 193 Å². The third kappa shape index (κ3) is 27.5. The van der Waals surface area contributed by atoms with E-state index in [4.69, 9.17) is 0 Å². The van der Waals surface area contributed by atoms with E-state index in [9.17, 15) is 38.4 Å². The average Bonchev–Trinajstić information content (AvgIpc) is 1.10. The molecule has 1 spiro atoms. The highest BCUT2D eigenvalue weighted by Gasteiger charge is 2.56. The van der Waals surface area contributed by atoms with Gasteiger partial charge in [0.25, 0.3) is 0 Å². The number of likely N-dealkylation sites (N-methyl/N-ethyl adjacent to an activating group) is 2. The number of piperidine rings is 4. The van der Waals surface area contributed by atoms with Crippen molar-refractivity contribution < 1.29 is 74.6 Å². The van der Waals surface area contributed by atoms with E-state index >= 15 is 0 Å². The van der Waals surface area contributed by atoms with Crippen LogP contribution in [-0.2, 0) is 70.8 Å². The Morgan fingerprint density at radius 2 is 0.971 bits per heavy atom. The van der Waals surface area contributed by atoms with E-state index < -0.39 is 0 Å². The molecular formula is C112H200N16O8+8. The van der Waals surface area contributed by atoms with Gasteiger partial charge in [0.05, 0.1) is 148 Å². The van der Waals surface area contributed by atoms with Crippen LogP contribution in [0, 0.1) is 58.2 Å². The molecular weight excluding hydrogens is 1700 g/mol. The molecule has 0 aliphatic carbocycles. The van der Waals surface area contributed by atoms with Crippen LogP contribution in [0.5, 0.6) is 0 Å². The fourth-order valence-electron chi connectivity index (χ4n) is 23.2. The monoisotopic (exact) mass is 1900 g/mol. The van der Waals surface area contributed by atoms with Gasteiger partial charge in [0.2, 0.25) is 53.0 Å². The Morgan fingerprint density at radius 3 is 1.43 bits per heavy atom. The Bertz CT molecular complexity index is 4480. The van der Waals surface area contributed by atoms with Crippen LogP contribution in [0.25, 0.3) is 0 Å². The smallest absolute Gasteiger partial charge is 0.229 e. The number of ketones is 2. The zero-order valence-electron chi connectivity index (χ0n) is 93.0. The molecule has 24 heteroatoms. The SMILES string of the molecule is CC(C)C(=O)CC12CC[N+](C(C)C)(CC1)CC2.CC(C)C(=O)Cc1c[n+](C(C)C)n2c1NCC2.CC(C)C(=O)N1CC2(CC[N+](C)(C(C)C)CC2)C1.CC(C)C(=O)N1CC2=C(C1)C[N+](C)(C(C)C)C2.CC(C)C(=O)N1CCC2C1CC[N+]2(C)C(C)C.CC(C)C(=O)N1CCc2c1ccc[n+]2C(C)C.CC(C)C(=O)N1Cc2ccc[n+](C(C)C)c2C1.CC(C)C(=O)NCC[N+]1(C(C)C)CCCC1. The zero-order valence-corrected chi connectivity index (χ0v) is 93.0. The predicted molar refractivity (Wildman–Crippen MR) is 552 cm³/mol. The number of Topliss-reactive ketones (excluding diaryl/α,β-unsaturated/α-hetero) is 2. The van der Waals surface area contributed by atoms with Gasteiger partial charge in [0.15, 0.2) is 36.3 Å². The fourth-order valence-corrected chi connectivity index (χ4v) is 23.2. The van der Waals surface area contributed by atoms with Gasteiger partial charge in [0.1, 0.15) is 42.9 Å². The third-order valence-electron chi connectivity index (χ3n) is 34.3. The van der Waals surface area contributed by atoms with Crippen LogP contribution >= 0.6 is 0 Å². The summed E-state index contributed by atoms with van der Waals surface area (Å²) in [6.45, 7) is 91.5. The summed E-state index contributed by atoms with van der Waals surface area (Å²) in [6.07, 6.45) is 20.2. The number of carbonyl (C=O) groups excluding carboxylic acids is 8. The van der Waals surface area contributed by atoms with E-state index in [1.165, 1.54) is 152 Å². The number of pyridine rings is 2. The second-order valence-corrected chi connectivity index (χ2v) is 48.9. The maximum atomic E-state index is 12.2. The minimum Gasteiger partial charge on any atom is -0.365 e. The summed E-state index contributed by atoms with van der Waals surface area (Å²) in [5.41, 5.74) is 10.00. The summed E-state index contributed by atoms with van der Waals surface area (Å²) in [5.74, 6) is 4.58. The standard InChI is InChI=1S/C15H29N2O.C15H28NO.C14H25N2O.C14H27N2O.2C14H21N2O.C13H21N3O.C13H26N2O/c1-12(2)14(18)16-10-15(11-16)6-8-17(5,9-7-15)13(3)4;1-12(2)14(17)11-15-5-8-16(9-6-15,10-7-15)13(3)4;1-10(2)14(17)15-6-12-8-16(5,11(3)4)9-13(12)7-15;1-10(2)14(17)15-8-6-13-12(15)7-9-16(13,5)11(3)4;1-10(2)14(17)16-9-7-13-12(16)6-5-8-15(13)11(3)4;1-10(2)14(17)15-8-12-6-5-7-16(11(3)4)13(12)9-15;1-9(2)12(17)7-11-8-16(10(3)4)15-6-5-14-13(11)15;1-11(2)13(16)14-7-10-15(12(3)4)8-5-6-9-15/h12-13H,6-11H2,1-5H3;12-13H,5-11H2,1-4H3;10-11H,6-9H2,1-5H3;10-13H,6-9H2,1-5H3;5-6,8,10-11H,7,9H2,1-4H3;5-7,10-11H,8-9H2,1-4H3;8-10H,5-7H2,1-4H3;11-12H,5-10H2,1-4H3/q6*+1;;/p+2. The molecule has 0 saturated carbocycles. The van der Waals surface area contributed by atoms with Crippen molar-refractivity contribution in [3.05, 3.63) is 76.5 Å². The van der Waals surface area contributed by atoms with Crippen molar-refractivity contribution in [1.29, 1.82) is 0 Å². The summed E-state index contributed by atoms with van der Waals surface area (Å²) in [4.78, 5) is 106. The molecule has 13 aliphatic rings. The van der Waals surface area contributed by atoms with Gasteiger partial charge in [-0.15, -0.1) is 9.36 Å². The van der Waals surface area contributed by atoms with Crippen molar-refractivity contribution in [1.82, 2.24) is 29.6 Å². The van der Waals surface area contributed by atoms with Gasteiger partial charge < -0.3 is 57.5 Å². The predicted octanol–water partition coefficient (Wildman–Crippen LogP) is 16.1. The lowest BCUT2D eigenvalue weighted by Crippen LogP contribution is -2.66. The van der Waals surface area contributed by atoms with E-state index in [0.29, 0.717) is 94.9 Å². The number of amides is 6. The molecule has 2 bridgehead atoms. The highest BCUT2D eigenvalue weighted by molar-refractivity contribution is 5.96. The highest BCUT2D eigenvalue weighted by atomic mass is 16.2. The van der Waals surface area contributed by atoms with Crippen LogP contribution in [0.3, 0.4) is 0 Å². The Labute approximate surface area is 827 Å². The number of hydrogen-bond acceptors (Lipinski definition) is 9. The lowest BCUT2D eigenvalue weighted by atomic mass is 9.66. The first-order valence-corrected chi connectivity index (χ1v) is 54.1. The van der Waals surface area contributed by atoms with Crippen LogP contribution in [0.4, 0.5) is 11.5 Å². The van der Waals surface area contributed by atoms with Crippen LogP contribution < -0.4 is 29.3 Å². The Hall–Kier alpha value is -6.99. The molecule has 8 fully saturated rings. The molecule has 3 atom stereocenters. The molecule has 8 saturated heterocycles. The maximum Gasteiger partial charge on any atom is 0.229 e. The van der Waals surface area contributed by atoms with Crippen molar-refractivity contribution in [3.63, 3.8) is 0 Å². The van der Waals surface area contributed by atoms with E-state index in [-0.39, 0.29) is 65.1 Å². The first kappa shape index (κ1) is 114. The molecule has 13 aliphatic heterocycles. The number of fused-ring (bicyclic) bond motifs is 7. The zero-order chi connectivity index (χ0) is 102. The van der Waals surface area contributed by atoms with E-state index in [2.05, 4.69) is 208 Å². The molecule has 3 unspecified atom stereocenters. The van der Waals surface area contributed by atoms with Crippen molar-refractivity contribution >= 4 is 58.5 Å². The number of nitrogens with one attached hydrogen (secondary N) is 2. The summed E-state index contributed by atoms with van der Waals surface area (Å²) >= 11 is 0. The minimum atomic E-state index is 0.0636. The highest BCUT2D eigenvalue weighted by Crippen LogP contribution is 2.49. The molecule has 3 aromatic rings. The number of carbonyl (C=O) groups is 8. The molecule has 16 rings (SSSR count). The van der Waals surface area contributed by atoms with Gasteiger partial charge in [0, 0.05) is 198 Å². The number of hydrogen-bond donors (Lipinski definition) is 2. The normalized spacial score (nSPS) is 23.2. The summed E-state index contributed by atoms with van der Waals surface area (Å²) in [5, 5.41) is 6.41. The molecule has 2 N–H and O–H groups in total. The fraction of sp³-hybridized carbons (Fsp3) is 0.795. The van der Waals surface area contributed by atoms with Crippen LogP contribution in [0.2, 0.25) is 0 Å². The van der Waals surface area contributed by atoms with E-state index in [1.807, 2.05) is 132 Å². The Kier molecular flexibility index (Phi) is 40.5. The lowest BCUT2D eigenvalue weighted by molar-refractivity contribution is -0.964.